The molecule has 3 aliphatic heterocycles. The third-order valence-corrected chi connectivity index (χ3v) is 5.01. The van der Waals surface area contributed by atoms with Crippen LogP contribution in [0.15, 0.2) is 41.7 Å². The molecule has 1 N–H and O–H groups in total. The van der Waals surface area contributed by atoms with Crippen molar-refractivity contribution in [2.45, 2.75) is 25.6 Å². The Hall–Kier alpha value is -2.25. The van der Waals surface area contributed by atoms with Crippen molar-refractivity contribution >= 4 is 5.91 Å². The summed E-state index contributed by atoms with van der Waals surface area (Å²) in [6.45, 7) is 3.37. The summed E-state index contributed by atoms with van der Waals surface area (Å²) in [6.07, 6.45) is 5.59. The number of ether oxygens (including phenoxy) is 1. The van der Waals surface area contributed by atoms with Crippen molar-refractivity contribution in [2.24, 2.45) is 0 Å². The molecule has 3 aliphatic rings. The van der Waals surface area contributed by atoms with Gasteiger partial charge < -0.3 is 15.0 Å². The Morgan fingerprint density at radius 1 is 1.35 bits per heavy atom. The maximum atomic E-state index is 13.7. The Balaban J connectivity index is 1.39. The van der Waals surface area contributed by atoms with Gasteiger partial charge in [0.15, 0.2) is 0 Å². The van der Waals surface area contributed by atoms with Gasteiger partial charge in [0.05, 0.1) is 6.54 Å². The first-order valence-electron chi connectivity index (χ1n) is 8.84. The van der Waals surface area contributed by atoms with E-state index < -0.39 is 11.6 Å². The van der Waals surface area contributed by atoms with E-state index in [2.05, 4.69) is 21.2 Å². The second kappa shape index (κ2) is 7.17. The van der Waals surface area contributed by atoms with Gasteiger partial charge in [0.1, 0.15) is 17.9 Å². The SMILES string of the molecule is O=C(NCc1ccc(F)cc1F)C1=CN2CC3OCCCN3CC2=CC1. The highest BCUT2D eigenvalue weighted by Crippen LogP contribution is 2.27. The quantitative estimate of drug-likeness (QED) is 0.896. The van der Waals surface area contributed by atoms with Crippen molar-refractivity contribution in [3.63, 3.8) is 0 Å². The number of halogens is 2. The van der Waals surface area contributed by atoms with E-state index in [0.717, 1.165) is 32.2 Å². The summed E-state index contributed by atoms with van der Waals surface area (Å²) < 4.78 is 32.4. The number of allylic oxidation sites excluding steroid dienone is 1. The topological polar surface area (TPSA) is 44.8 Å². The maximum absolute atomic E-state index is 13.7. The van der Waals surface area contributed by atoms with E-state index in [0.29, 0.717) is 18.5 Å². The molecule has 0 aromatic heterocycles. The van der Waals surface area contributed by atoms with Gasteiger partial charge >= 0.3 is 0 Å². The highest BCUT2D eigenvalue weighted by Gasteiger charge is 2.33. The number of piperazine rings is 1. The Labute approximate surface area is 150 Å². The van der Waals surface area contributed by atoms with Crippen LogP contribution in [0.25, 0.3) is 0 Å². The van der Waals surface area contributed by atoms with Gasteiger partial charge in [-0.15, -0.1) is 0 Å². The van der Waals surface area contributed by atoms with Crippen LogP contribution < -0.4 is 5.32 Å². The van der Waals surface area contributed by atoms with Crippen LogP contribution in [0.4, 0.5) is 8.78 Å². The standard InChI is InChI=1S/C19H21F2N3O2/c20-15-4-2-13(17(21)8-15)9-22-19(25)14-3-5-16-11-23-6-1-7-26-18(23)12-24(16)10-14/h2,4-5,8,10,18H,1,3,6-7,9,11-12H2,(H,22,25). The third kappa shape index (κ3) is 3.50. The number of nitrogens with one attached hydrogen (secondary N) is 1. The van der Waals surface area contributed by atoms with Gasteiger partial charge in [0.2, 0.25) is 5.91 Å². The van der Waals surface area contributed by atoms with Crippen LogP contribution in [0.5, 0.6) is 0 Å². The van der Waals surface area contributed by atoms with Crippen molar-refractivity contribution in [1.82, 2.24) is 15.1 Å². The Morgan fingerprint density at radius 2 is 2.23 bits per heavy atom. The lowest BCUT2D eigenvalue weighted by molar-refractivity contribution is -0.119. The number of rotatable bonds is 3. The molecule has 2 fully saturated rings. The molecular weight excluding hydrogens is 340 g/mol. The number of hydrogen-bond donors (Lipinski definition) is 1. The smallest absolute Gasteiger partial charge is 0.249 e. The lowest BCUT2D eigenvalue weighted by Gasteiger charge is -2.45. The van der Waals surface area contributed by atoms with Gasteiger partial charge in [0, 0.05) is 55.3 Å². The van der Waals surface area contributed by atoms with E-state index in [1.54, 1.807) is 0 Å². The second-order valence-corrected chi connectivity index (χ2v) is 6.77. The number of nitrogens with zero attached hydrogens (tertiary/aromatic N) is 2. The molecule has 1 atom stereocenters. The lowest BCUT2D eigenvalue weighted by atomic mass is 10.0. The summed E-state index contributed by atoms with van der Waals surface area (Å²) in [6, 6.07) is 3.35. The predicted molar refractivity (Wildman–Crippen MR) is 91.6 cm³/mol. The molecule has 5 nitrogen and oxygen atoms in total. The van der Waals surface area contributed by atoms with Gasteiger partial charge in [-0.2, -0.15) is 0 Å². The van der Waals surface area contributed by atoms with E-state index in [1.807, 2.05) is 6.20 Å². The van der Waals surface area contributed by atoms with E-state index in [-0.39, 0.29) is 24.2 Å². The molecule has 0 saturated carbocycles. The molecule has 1 amide bonds. The van der Waals surface area contributed by atoms with Gasteiger partial charge in [-0.25, -0.2) is 8.78 Å². The fourth-order valence-corrected chi connectivity index (χ4v) is 3.56. The van der Waals surface area contributed by atoms with E-state index in [1.165, 1.54) is 17.8 Å². The van der Waals surface area contributed by atoms with Crippen molar-refractivity contribution < 1.29 is 18.3 Å². The fraction of sp³-hybridized carbons (Fsp3) is 0.421. The highest BCUT2D eigenvalue weighted by molar-refractivity contribution is 5.93. The number of hydrogen-bond acceptors (Lipinski definition) is 4. The van der Waals surface area contributed by atoms with E-state index in [4.69, 9.17) is 4.74 Å². The zero-order chi connectivity index (χ0) is 18.1. The number of carbonyl (C=O) groups excluding carboxylic acids is 1. The Morgan fingerprint density at radius 3 is 3.08 bits per heavy atom. The molecule has 0 bridgehead atoms. The zero-order valence-electron chi connectivity index (χ0n) is 14.4. The normalized spacial score (nSPS) is 22.8. The molecule has 3 heterocycles. The van der Waals surface area contributed by atoms with Gasteiger partial charge in [-0.3, -0.25) is 9.69 Å². The molecule has 0 spiro atoms. The molecule has 1 unspecified atom stereocenters. The lowest BCUT2D eigenvalue weighted by Crippen LogP contribution is -2.54. The monoisotopic (exact) mass is 361 g/mol. The van der Waals surface area contributed by atoms with Gasteiger partial charge in [-0.1, -0.05) is 12.1 Å². The largest absolute Gasteiger partial charge is 0.361 e. The zero-order valence-corrected chi connectivity index (χ0v) is 14.4. The minimum absolute atomic E-state index is 0.0262. The summed E-state index contributed by atoms with van der Waals surface area (Å²) in [5.74, 6) is -1.53. The summed E-state index contributed by atoms with van der Waals surface area (Å²) >= 11 is 0. The number of amides is 1. The van der Waals surface area contributed by atoms with Crippen molar-refractivity contribution in [3.8, 4) is 0 Å². The first-order chi connectivity index (χ1) is 12.6. The molecule has 138 valence electrons. The number of benzene rings is 1. The Bertz CT molecular complexity index is 778. The first kappa shape index (κ1) is 17.2. The number of carbonyl (C=O) groups is 1. The third-order valence-electron chi connectivity index (χ3n) is 5.01. The van der Waals surface area contributed by atoms with Crippen molar-refractivity contribution in [2.75, 3.05) is 26.2 Å². The van der Waals surface area contributed by atoms with Gasteiger partial charge in [-0.05, 0) is 18.9 Å². The molecule has 0 radical (unpaired) electrons. The molecule has 2 saturated heterocycles. The second-order valence-electron chi connectivity index (χ2n) is 6.77. The van der Waals surface area contributed by atoms with E-state index >= 15 is 0 Å². The van der Waals surface area contributed by atoms with Crippen molar-refractivity contribution in [1.29, 1.82) is 0 Å². The van der Waals surface area contributed by atoms with Crippen LogP contribution in [-0.2, 0) is 16.1 Å². The number of fused-ring (bicyclic) bond motifs is 2. The van der Waals surface area contributed by atoms with Gasteiger partial charge in [0.25, 0.3) is 0 Å². The van der Waals surface area contributed by atoms with Crippen LogP contribution in [-0.4, -0.2) is 48.2 Å². The van der Waals surface area contributed by atoms with Crippen LogP contribution in [0, 0.1) is 11.6 Å². The molecule has 26 heavy (non-hydrogen) atoms. The summed E-state index contributed by atoms with van der Waals surface area (Å²) in [5, 5.41) is 2.71. The minimum atomic E-state index is -0.657. The molecule has 0 aliphatic carbocycles. The van der Waals surface area contributed by atoms with E-state index in [9.17, 15) is 13.6 Å². The molecule has 4 rings (SSSR count). The molecule has 1 aromatic carbocycles. The molecule has 7 heteroatoms. The Kier molecular flexibility index (Phi) is 4.74. The van der Waals surface area contributed by atoms with Crippen LogP contribution >= 0.6 is 0 Å². The first-order valence-corrected chi connectivity index (χ1v) is 8.84. The predicted octanol–water partition coefficient (Wildman–Crippen LogP) is 2.12. The van der Waals surface area contributed by atoms with Crippen LogP contribution in [0.1, 0.15) is 18.4 Å². The van der Waals surface area contributed by atoms with Crippen molar-refractivity contribution in [3.05, 3.63) is 58.9 Å². The summed E-state index contributed by atoms with van der Waals surface area (Å²) in [4.78, 5) is 16.8. The highest BCUT2D eigenvalue weighted by atomic mass is 19.1. The average molecular weight is 361 g/mol. The fourth-order valence-electron chi connectivity index (χ4n) is 3.56. The molecule has 1 aromatic rings. The minimum Gasteiger partial charge on any atom is -0.361 e. The maximum Gasteiger partial charge on any atom is 0.249 e. The summed E-state index contributed by atoms with van der Waals surface area (Å²) in [7, 11) is 0. The van der Waals surface area contributed by atoms with Crippen LogP contribution in [0.2, 0.25) is 0 Å². The average Bonchev–Trinajstić information content (AvgIpc) is 2.65. The molecular formula is C19H21F2N3O2. The van der Waals surface area contributed by atoms with Crippen LogP contribution in [0.3, 0.4) is 0 Å². The summed E-state index contributed by atoms with van der Waals surface area (Å²) in [5.41, 5.74) is 2.07.